The van der Waals surface area contributed by atoms with Crippen LogP contribution in [-0.2, 0) is 0 Å². The number of furan rings is 1. The van der Waals surface area contributed by atoms with Gasteiger partial charge in [0.1, 0.15) is 5.01 Å². The van der Waals surface area contributed by atoms with E-state index < -0.39 is 0 Å². The summed E-state index contributed by atoms with van der Waals surface area (Å²) in [5, 5.41) is 13.7. The standard InChI is InChI=1S/C16H12N4OS/c1-11-4-2-5-12(10-11)7-8-14-19-20-15(13-6-3-9-21-13)17-18-16(20)22-14/h2-10H,1H3. The summed E-state index contributed by atoms with van der Waals surface area (Å²) in [6, 6.07) is 12.0. The highest BCUT2D eigenvalue weighted by Crippen LogP contribution is 2.22. The van der Waals surface area contributed by atoms with E-state index in [9.17, 15) is 0 Å². The third kappa shape index (κ3) is 2.33. The predicted molar refractivity (Wildman–Crippen MR) is 86.5 cm³/mol. The van der Waals surface area contributed by atoms with Crippen LogP contribution < -0.4 is 0 Å². The molecule has 3 aromatic heterocycles. The van der Waals surface area contributed by atoms with Crippen molar-refractivity contribution in [3.63, 3.8) is 0 Å². The molecule has 0 saturated heterocycles. The molecule has 1 aromatic carbocycles. The Morgan fingerprint density at radius 3 is 2.91 bits per heavy atom. The zero-order chi connectivity index (χ0) is 14.9. The van der Waals surface area contributed by atoms with Crippen molar-refractivity contribution in [1.29, 1.82) is 0 Å². The Bertz CT molecular complexity index is 950. The topological polar surface area (TPSA) is 56.2 Å². The van der Waals surface area contributed by atoms with Gasteiger partial charge < -0.3 is 4.42 Å². The molecule has 0 saturated carbocycles. The highest BCUT2D eigenvalue weighted by molar-refractivity contribution is 7.17. The highest BCUT2D eigenvalue weighted by atomic mass is 32.1. The maximum atomic E-state index is 5.36. The molecule has 4 aromatic rings. The van der Waals surface area contributed by atoms with Crippen molar-refractivity contribution in [2.75, 3.05) is 0 Å². The molecule has 0 bridgehead atoms. The van der Waals surface area contributed by atoms with E-state index in [0.717, 1.165) is 15.5 Å². The molecule has 0 N–H and O–H groups in total. The van der Waals surface area contributed by atoms with Crippen molar-refractivity contribution in [1.82, 2.24) is 19.8 Å². The fraction of sp³-hybridized carbons (Fsp3) is 0.0625. The molecule has 0 aliphatic carbocycles. The van der Waals surface area contributed by atoms with Crippen LogP contribution in [0.3, 0.4) is 0 Å². The van der Waals surface area contributed by atoms with Crippen molar-refractivity contribution in [2.24, 2.45) is 0 Å². The summed E-state index contributed by atoms with van der Waals surface area (Å²) < 4.78 is 7.07. The van der Waals surface area contributed by atoms with Gasteiger partial charge in [0, 0.05) is 0 Å². The van der Waals surface area contributed by atoms with Crippen molar-refractivity contribution in [2.45, 2.75) is 6.92 Å². The quantitative estimate of drug-likeness (QED) is 0.575. The molecule has 0 radical (unpaired) electrons. The Kier molecular flexibility index (Phi) is 3.08. The van der Waals surface area contributed by atoms with Crippen molar-refractivity contribution >= 4 is 28.4 Å². The number of aryl methyl sites for hydroxylation is 1. The lowest BCUT2D eigenvalue weighted by atomic mass is 10.1. The van der Waals surface area contributed by atoms with Gasteiger partial charge in [-0.05, 0) is 30.7 Å². The average molecular weight is 308 g/mol. The van der Waals surface area contributed by atoms with Gasteiger partial charge in [-0.3, -0.25) is 0 Å². The third-order valence-electron chi connectivity index (χ3n) is 3.21. The highest BCUT2D eigenvalue weighted by Gasteiger charge is 2.14. The minimum Gasteiger partial charge on any atom is -0.461 e. The van der Waals surface area contributed by atoms with Crippen molar-refractivity contribution < 1.29 is 4.42 Å². The van der Waals surface area contributed by atoms with Gasteiger partial charge in [-0.1, -0.05) is 47.2 Å². The number of benzene rings is 1. The Morgan fingerprint density at radius 2 is 2.09 bits per heavy atom. The summed E-state index contributed by atoms with van der Waals surface area (Å²) in [6.45, 7) is 2.08. The molecular weight excluding hydrogens is 296 g/mol. The first kappa shape index (κ1) is 13.0. The van der Waals surface area contributed by atoms with E-state index in [2.05, 4.69) is 40.4 Å². The number of hydrogen-bond acceptors (Lipinski definition) is 5. The van der Waals surface area contributed by atoms with Gasteiger partial charge in [-0.15, -0.1) is 10.2 Å². The molecule has 108 valence electrons. The first-order chi connectivity index (χ1) is 10.8. The molecule has 22 heavy (non-hydrogen) atoms. The SMILES string of the molecule is Cc1cccc(C=Cc2nn3c(-c4ccco4)nnc3s2)c1. The van der Waals surface area contributed by atoms with Crippen LogP contribution in [-0.4, -0.2) is 19.8 Å². The molecule has 0 atom stereocenters. The van der Waals surface area contributed by atoms with E-state index in [1.807, 2.05) is 30.4 Å². The Morgan fingerprint density at radius 1 is 1.14 bits per heavy atom. The first-order valence-electron chi connectivity index (χ1n) is 6.80. The molecule has 6 heteroatoms. The Balaban J connectivity index is 1.69. The van der Waals surface area contributed by atoms with Crippen LogP contribution in [0.2, 0.25) is 0 Å². The van der Waals surface area contributed by atoms with E-state index in [0.29, 0.717) is 11.6 Å². The first-order valence-corrected chi connectivity index (χ1v) is 7.62. The smallest absolute Gasteiger partial charge is 0.235 e. The van der Waals surface area contributed by atoms with Gasteiger partial charge in [0.05, 0.1) is 6.26 Å². The van der Waals surface area contributed by atoms with E-state index in [-0.39, 0.29) is 0 Å². The zero-order valence-corrected chi connectivity index (χ0v) is 12.6. The number of aromatic nitrogens is 4. The molecule has 0 spiro atoms. The van der Waals surface area contributed by atoms with Gasteiger partial charge in [0.15, 0.2) is 5.76 Å². The summed E-state index contributed by atoms with van der Waals surface area (Å²) in [6.07, 6.45) is 5.65. The van der Waals surface area contributed by atoms with Gasteiger partial charge in [0.25, 0.3) is 0 Å². The molecule has 0 aliphatic rings. The lowest BCUT2D eigenvalue weighted by molar-refractivity contribution is 0.575. The summed E-state index contributed by atoms with van der Waals surface area (Å²) in [4.78, 5) is 0.746. The molecule has 0 aliphatic heterocycles. The molecule has 0 amide bonds. The zero-order valence-electron chi connectivity index (χ0n) is 11.8. The van der Waals surface area contributed by atoms with Gasteiger partial charge in [-0.2, -0.15) is 9.61 Å². The largest absolute Gasteiger partial charge is 0.461 e. The van der Waals surface area contributed by atoms with E-state index >= 15 is 0 Å². The molecule has 0 unspecified atom stereocenters. The van der Waals surface area contributed by atoms with E-state index in [4.69, 9.17) is 4.42 Å². The fourth-order valence-corrected chi connectivity index (χ4v) is 2.94. The van der Waals surface area contributed by atoms with E-state index in [1.165, 1.54) is 16.9 Å². The van der Waals surface area contributed by atoms with Gasteiger partial charge in [0.2, 0.25) is 10.8 Å². The van der Waals surface area contributed by atoms with Crippen LogP contribution >= 0.6 is 11.3 Å². The molecule has 4 rings (SSSR count). The fourth-order valence-electron chi connectivity index (χ4n) is 2.20. The second-order valence-electron chi connectivity index (χ2n) is 4.88. The summed E-state index contributed by atoms with van der Waals surface area (Å²) in [7, 11) is 0. The van der Waals surface area contributed by atoms with Gasteiger partial charge >= 0.3 is 0 Å². The molecule has 5 nitrogen and oxygen atoms in total. The lowest BCUT2D eigenvalue weighted by Gasteiger charge is -1.94. The molecule has 3 heterocycles. The van der Waals surface area contributed by atoms with Crippen LogP contribution in [0.15, 0.2) is 47.1 Å². The number of rotatable bonds is 3. The van der Waals surface area contributed by atoms with Crippen LogP contribution in [0.25, 0.3) is 28.7 Å². The maximum Gasteiger partial charge on any atom is 0.235 e. The third-order valence-corrected chi connectivity index (χ3v) is 4.07. The summed E-state index contributed by atoms with van der Waals surface area (Å²) in [5.74, 6) is 1.28. The maximum absolute atomic E-state index is 5.36. The van der Waals surface area contributed by atoms with Crippen LogP contribution in [0.5, 0.6) is 0 Å². The average Bonchev–Trinajstić information content (AvgIpc) is 3.21. The molecule has 0 fully saturated rings. The minimum absolute atomic E-state index is 0.617. The van der Waals surface area contributed by atoms with Crippen molar-refractivity contribution in [3.8, 4) is 11.6 Å². The summed E-state index contributed by atoms with van der Waals surface area (Å²) >= 11 is 1.49. The Labute approximate surface area is 130 Å². The number of nitrogens with zero attached hydrogens (tertiary/aromatic N) is 4. The number of fused-ring (bicyclic) bond motifs is 1. The normalized spacial score (nSPS) is 11.7. The van der Waals surface area contributed by atoms with Crippen LogP contribution in [0.1, 0.15) is 16.1 Å². The predicted octanol–water partition coefficient (Wildman–Crippen LogP) is 3.92. The van der Waals surface area contributed by atoms with Crippen LogP contribution in [0.4, 0.5) is 0 Å². The minimum atomic E-state index is 0.617. The lowest BCUT2D eigenvalue weighted by Crippen LogP contribution is -1.89. The second kappa shape index (κ2) is 5.23. The molecular formula is C16H12N4OS. The van der Waals surface area contributed by atoms with Crippen LogP contribution in [0, 0.1) is 6.92 Å². The van der Waals surface area contributed by atoms with E-state index in [1.54, 1.807) is 10.8 Å². The second-order valence-corrected chi connectivity index (χ2v) is 5.87. The number of hydrogen-bond donors (Lipinski definition) is 0. The van der Waals surface area contributed by atoms with Crippen molar-refractivity contribution in [3.05, 3.63) is 58.8 Å². The van der Waals surface area contributed by atoms with Gasteiger partial charge in [-0.25, -0.2) is 0 Å². The Hall–Kier alpha value is -2.73. The monoisotopic (exact) mass is 308 g/mol. The summed E-state index contributed by atoms with van der Waals surface area (Å²) in [5.41, 5.74) is 2.39.